The zero-order chi connectivity index (χ0) is 13.9. The highest BCUT2D eigenvalue weighted by Gasteiger charge is 2.22. The number of nitrogens with one attached hydrogen (secondary N) is 1. The van der Waals surface area contributed by atoms with Crippen LogP contribution in [0.5, 0.6) is 0 Å². The van der Waals surface area contributed by atoms with Gasteiger partial charge >= 0.3 is 0 Å². The molecule has 20 heavy (non-hydrogen) atoms. The molecule has 4 heteroatoms. The average molecular weight is 272 g/mol. The number of carbonyl (C=O) groups excluding carboxylic acids is 1. The Morgan fingerprint density at radius 1 is 1.25 bits per heavy atom. The van der Waals surface area contributed by atoms with Gasteiger partial charge in [0.05, 0.1) is 18.8 Å². The summed E-state index contributed by atoms with van der Waals surface area (Å²) in [5, 5.41) is 3.21. The minimum absolute atomic E-state index is 0.0539. The molecule has 1 fully saturated rings. The van der Waals surface area contributed by atoms with Crippen molar-refractivity contribution >= 4 is 5.78 Å². The lowest BCUT2D eigenvalue weighted by atomic mass is 10.2. The first-order chi connectivity index (χ1) is 9.74. The van der Waals surface area contributed by atoms with Crippen LogP contribution in [0.4, 0.5) is 4.39 Å². The molecule has 1 heterocycles. The second-order valence-corrected chi connectivity index (χ2v) is 5.19. The molecular weight excluding hydrogens is 255 g/mol. The van der Waals surface area contributed by atoms with E-state index in [0.717, 1.165) is 12.8 Å². The monoisotopic (exact) mass is 272 g/mol. The van der Waals surface area contributed by atoms with Crippen LogP contribution in [0.15, 0.2) is 42.6 Å². The van der Waals surface area contributed by atoms with Crippen molar-refractivity contribution in [2.24, 2.45) is 0 Å². The van der Waals surface area contributed by atoms with Gasteiger partial charge in [-0.05, 0) is 31.0 Å². The normalized spacial score (nSPS) is 14.4. The Morgan fingerprint density at radius 3 is 2.80 bits per heavy atom. The Hall–Kier alpha value is -1.94. The van der Waals surface area contributed by atoms with Gasteiger partial charge in [0.2, 0.25) is 0 Å². The third-order valence-corrected chi connectivity index (χ3v) is 3.54. The van der Waals surface area contributed by atoms with Crippen LogP contribution in [0, 0.1) is 5.82 Å². The largest absolute Gasteiger partial charge is 0.341 e. The van der Waals surface area contributed by atoms with Gasteiger partial charge in [0, 0.05) is 17.8 Å². The molecule has 0 amide bonds. The first-order valence-corrected chi connectivity index (χ1v) is 6.89. The molecule has 0 unspecified atom stereocenters. The van der Waals surface area contributed by atoms with Crippen LogP contribution >= 0.6 is 0 Å². The van der Waals surface area contributed by atoms with E-state index in [1.807, 2.05) is 12.3 Å². The van der Waals surface area contributed by atoms with Crippen LogP contribution in [-0.4, -0.2) is 22.9 Å². The smallest absolute Gasteiger partial charge is 0.192 e. The minimum atomic E-state index is -0.240. The van der Waals surface area contributed by atoms with E-state index >= 15 is 0 Å². The average Bonchev–Trinajstić information content (AvgIpc) is 3.17. The maximum atomic E-state index is 13.7. The highest BCUT2D eigenvalue weighted by atomic mass is 19.1. The number of hydrogen-bond donors (Lipinski definition) is 1. The van der Waals surface area contributed by atoms with Gasteiger partial charge in [-0.25, -0.2) is 4.39 Å². The van der Waals surface area contributed by atoms with Gasteiger partial charge in [-0.2, -0.15) is 0 Å². The highest BCUT2D eigenvalue weighted by Crippen LogP contribution is 2.18. The van der Waals surface area contributed by atoms with Gasteiger partial charge in [0.25, 0.3) is 0 Å². The SMILES string of the molecule is O=C(CNC1CC1)c1cccn1Cc1ccccc1F. The standard InChI is InChI=1S/C16H17FN2O/c17-14-5-2-1-4-12(14)11-19-9-3-6-15(19)16(20)10-18-13-7-8-13/h1-6,9,13,18H,7-8,10-11H2. The molecule has 1 aromatic heterocycles. The first-order valence-electron chi connectivity index (χ1n) is 6.89. The number of hydrogen-bond acceptors (Lipinski definition) is 2. The molecule has 0 saturated heterocycles. The zero-order valence-electron chi connectivity index (χ0n) is 11.2. The van der Waals surface area contributed by atoms with E-state index in [1.165, 1.54) is 6.07 Å². The summed E-state index contributed by atoms with van der Waals surface area (Å²) in [5.41, 5.74) is 1.22. The van der Waals surface area contributed by atoms with Crippen LogP contribution < -0.4 is 5.32 Å². The summed E-state index contributed by atoms with van der Waals surface area (Å²) < 4.78 is 15.5. The van der Waals surface area contributed by atoms with Crippen molar-refractivity contribution < 1.29 is 9.18 Å². The molecule has 1 aromatic carbocycles. The van der Waals surface area contributed by atoms with Crippen LogP contribution in [0.1, 0.15) is 28.9 Å². The molecule has 0 aliphatic heterocycles. The van der Waals surface area contributed by atoms with Crippen molar-refractivity contribution in [3.05, 3.63) is 59.7 Å². The predicted molar refractivity (Wildman–Crippen MR) is 75.3 cm³/mol. The Morgan fingerprint density at radius 2 is 2.05 bits per heavy atom. The molecule has 3 nitrogen and oxygen atoms in total. The summed E-state index contributed by atoms with van der Waals surface area (Å²) in [6, 6.07) is 10.8. The Balaban J connectivity index is 1.72. The van der Waals surface area contributed by atoms with Gasteiger partial charge in [-0.3, -0.25) is 4.79 Å². The fraction of sp³-hybridized carbons (Fsp3) is 0.312. The predicted octanol–water partition coefficient (Wildman–Crippen LogP) is 2.61. The number of rotatable bonds is 6. The quantitative estimate of drug-likeness (QED) is 0.820. The maximum Gasteiger partial charge on any atom is 0.192 e. The Bertz CT molecular complexity index is 616. The van der Waals surface area contributed by atoms with Crippen molar-refractivity contribution in [3.8, 4) is 0 Å². The summed E-state index contributed by atoms with van der Waals surface area (Å²) in [4.78, 5) is 12.2. The number of carbonyl (C=O) groups is 1. The number of halogens is 1. The van der Waals surface area contributed by atoms with Gasteiger partial charge < -0.3 is 9.88 Å². The van der Waals surface area contributed by atoms with Crippen LogP contribution in [-0.2, 0) is 6.54 Å². The summed E-state index contributed by atoms with van der Waals surface area (Å²) in [5.74, 6) is -0.186. The third-order valence-electron chi connectivity index (χ3n) is 3.54. The second kappa shape index (κ2) is 5.59. The first kappa shape index (κ1) is 13.1. The van der Waals surface area contributed by atoms with Crippen molar-refractivity contribution in [1.29, 1.82) is 0 Å². The molecule has 1 N–H and O–H groups in total. The van der Waals surface area contributed by atoms with Gasteiger partial charge in [-0.1, -0.05) is 18.2 Å². The summed E-state index contributed by atoms with van der Waals surface area (Å²) in [7, 11) is 0. The number of aromatic nitrogens is 1. The van der Waals surface area contributed by atoms with Crippen molar-refractivity contribution in [2.45, 2.75) is 25.4 Å². The van der Waals surface area contributed by atoms with E-state index in [1.54, 1.807) is 28.8 Å². The van der Waals surface area contributed by atoms with Crippen LogP contribution in [0.3, 0.4) is 0 Å². The summed E-state index contributed by atoms with van der Waals surface area (Å²) in [6.45, 7) is 0.732. The molecule has 0 bridgehead atoms. The van der Waals surface area contributed by atoms with Gasteiger partial charge in [0.15, 0.2) is 5.78 Å². The topological polar surface area (TPSA) is 34.0 Å². The molecule has 104 valence electrons. The summed E-state index contributed by atoms with van der Waals surface area (Å²) in [6.07, 6.45) is 4.13. The van der Waals surface area contributed by atoms with Gasteiger partial charge in [0.1, 0.15) is 5.82 Å². The second-order valence-electron chi connectivity index (χ2n) is 5.19. The maximum absolute atomic E-state index is 13.7. The molecule has 2 aromatic rings. The van der Waals surface area contributed by atoms with E-state index in [-0.39, 0.29) is 11.6 Å². The Kier molecular flexibility index (Phi) is 3.65. The lowest BCUT2D eigenvalue weighted by Gasteiger charge is -2.10. The fourth-order valence-electron chi connectivity index (χ4n) is 2.23. The molecule has 0 atom stereocenters. The molecule has 0 spiro atoms. The van der Waals surface area contributed by atoms with E-state index in [2.05, 4.69) is 5.32 Å². The fourth-order valence-corrected chi connectivity index (χ4v) is 2.23. The highest BCUT2D eigenvalue weighted by molar-refractivity contribution is 5.96. The molecular formula is C16H17FN2O. The lowest BCUT2D eigenvalue weighted by Crippen LogP contribution is -2.26. The zero-order valence-corrected chi connectivity index (χ0v) is 11.2. The molecule has 1 aliphatic rings. The number of benzene rings is 1. The van der Waals surface area contributed by atoms with Crippen LogP contribution in [0.2, 0.25) is 0 Å². The van der Waals surface area contributed by atoms with Crippen molar-refractivity contribution in [2.75, 3.05) is 6.54 Å². The van der Waals surface area contributed by atoms with Crippen molar-refractivity contribution in [1.82, 2.24) is 9.88 Å². The van der Waals surface area contributed by atoms with E-state index in [4.69, 9.17) is 0 Å². The molecule has 3 rings (SSSR count). The molecule has 1 aliphatic carbocycles. The van der Waals surface area contributed by atoms with Gasteiger partial charge in [-0.15, -0.1) is 0 Å². The third kappa shape index (κ3) is 2.96. The Labute approximate surface area is 117 Å². The van der Waals surface area contributed by atoms with Crippen molar-refractivity contribution in [3.63, 3.8) is 0 Å². The number of ketones is 1. The summed E-state index contributed by atoms with van der Waals surface area (Å²) >= 11 is 0. The number of Topliss-reactive ketones (excluding diaryl/α,β-unsaturated/α-hetero) is 1. The lowest BCUT2D eigenvalue weighted by molar-refractivity contribution is 0.0982. The number of nitrogens with zero attached hydrogens (tertiary/aromatic N) is 1. The van der Waals surface area contributed by atoms with E-state index in [9.17, 15) is 9.18 Å². The van der Waals surface area contributed by atoms with E-state index in [0.29, 0.717) is 30.4 Å². The van der Waals surface area contributed by atoms with Crippen LogP contribution in [0.25, 0.3) is 0 Å². The molecule has 1 saturated carbocycles. The molecule has 0 radical (unpaired) electrons. The van der Waals surface area contributed by atoms with E-state index < -0.39 is 0 Å². The minimum Gasteiger partial charge on any atom is -0.341 e.